The molecule has 29 heteroatoms. The van der Waals surface area contributed by atoms with Crippen molar-refractivity contribution in [2.75, 3.05) is 75.1 Å². The molecule has 3 aliphatic heterocycles. The summed E-state index contributed by atoms with van der Waals surface area (Å²) in [7, 11) is 8.70. The average Bonchev–Trinajstić information content (AvgIpc) is 0.873. The Morgan fingerprint density at radius 2 is 1.28 bits per heavy atom. The first kappa shape index (κ1) is 81.1. The summed E-state index contributed by atoms with van der Waals surface area (Å²) in [5.41, 5.74) is -1.57. The van der Waals surface area contributed by atoms with Crippen LogP contribution in [-0.4, -0.2) is 264 Å². The second-order valence-electron chi connectivity index (χ2n) is 31.2. The van der Waals surface area contributed by atoms with Crippen molar-refractivity contribution in [2.45, 2.75) is 267 Å². The smallest absolute Gasteiger partial charge is 0.377 e. The van der Waals surface area contributed by atoms with Gasteiger partial charge in [-0.05, 0) is 152 Å². The average molecular weight is 1450 g/mol. The lowest BCUT2D eigenvalue weighted by atomic mass is 9.74. The van der Waals surface area contributed by atoms with E-state index in [1.807, 2.05) is 13.8 Å². The normalized spacial score (nSPS) is 34.5. The van der Waals surface area contributed by atoms with Crippen molar-refractivity contribution in [3.63, 3.8) is 0 Å². The van der Waals surface area contributed by atoms with Crippen molar-refractivity contribution in [2.24, 2.45) is 41.4 Å². The van der Waals surface area contributed by atoms with Gasteiger partial charge in [0.25, 0.3) is 0 Å². The van der Waals surface area contributed by atoms with Crippen LogP contribution in [0.3, 0.4) is 0 Å². The first-order valence-corrected chi connectivity index (χ1v) is 37.4. The highest BCUT2D eigenvalue weighted by atomic mass is 19.4. The van der Waals surface area contributed by atoms with E-state index in [-0.39, 0.29) is 114 Å². The van der Waals surface area contributed by atoms with Crippen molar-refractivity contribution in [1.82, 2.24) is 55.1 Å². The lowest BCUT2D eigenvalue weighted by molar-refractivity contribution is -0.219. The lowest BCUT2D eigenvalue weighted by Crippen LogP contribution is -2.68. The summed E-state index contributed by atoms with van der Waals surface area (Å²) in [6.45, 7) is 7.45. The first-order valence-electron chi connectivity index (χ1n) is 37.4. The molecule has 2 bridgehead atoms. The first-order chi connectivity index (χ1) is 48.1. The van der Waals surface area contributed by atoms with Crippen molar-refractivity contribution < 1.29 is 83.8 Å². The molecule has 5 saturated carbocycles. The van der Waals surface area contributed by atoms with Gasteiger partial charge in [-0.2, -0.15) is 13.2 Å². The summed E-state index contributed by atoms with van der Waals surface area (Å²) in [5, 5.41) is 8.63. The van der Waals surface area contributed by atoms with E-state index in [4.69, 9.17) is 4.74 Å². The van der Waals surface area contributed by atoms with Gasteiger partial charge in [0.1, 0.15) is 72.3 Å². The van der Waals surface area contributed by atoms with Gasteiger partial charge >= 0.3 is 6.18 Å². The Balaban J connectivity index is 1.17. The number of nitrogens with zero attached hydrogens (tertiary/aromatic N) is 8. The van der Waals surface area contributed by atoms with E-state index in [2.05, 4.69) is 16.0 Å². The zero-order chi connectivity index (χ0) is 75.0. The van der Waals surface area contributed by atoms with Gasteiger partial charge in [-0.25, -0.2) is 13.2 Å². The minimum atomic E-state index is -5.17. The third-order valence-electron chi connectivity index (χ3n) is 24.0. The summed E-state index contributed by atoms with van der Waals surface area (Å²) < 4.78 is 93.7. The number of halogens is 6. The quantitative estimate of drug-likeness (QED) is 0.141. The predicted molar refractivity (Wildman–Crippen MR) is 366 cm³/mol. The molecule has 8 rings (SSSR count). The number of carbonyl (C=O) groups is 11. The lowest BCUT2D eigenvalue weighted by Gasteiger charge is -2.46. The van der Waals surface area contributed by atoms with Gasteiger partial charge in [0.05, 0.1) is 19.2 Å². The molecule has 0 radical (unpaired) electrons. The molecule has 15 atom stereocenters. The molecule has 3 heterocycles. The number of ether oxygens (including phenoxy) is 1. The maximum Gasteiger partial charge on any atom is 0.397 e. The van der Waals surface area contributed by atoms with Crippen molar-refractivity contribution in [3.05, 3.63) is 12.2 Å². The molecule has 2 saturated heterocycles. The van der Waals surface area contributed by atoms with Crippen LogP contribution in [-0.2, 0) is 57.5 Å². The summed E-state index contributed by atoms with van der Waals surface area (Å²) >= 11 is 0. The zero-order valence-corrected chi connectivity index (χ0v) is 61.7. The fourth-order valence-corrected chi connectivity index (χ4v) is 16.8. The van der Waals surface area contributed by atoms with Gasteiger partial charge in [-0.15, -0.1) is 0 Å². The van der Waals surface area contributed by atoms with Crippen LogP contribution in [0, 0.1) is 41.4 Å². The highest BCUT2D eigenvalue weighted by molar-refractivity contribution is 6.00. The Morgan fingerprint density at radius 3 is 1.88 bits per heavy atom. The second kappa shape index (κ2) is 35.0. The molecule has 574 valence electrons. The van der Waals surface area contributed by atoms with Gasteiger partial charge in [-0.3, -0.25) is 52.7 Å². The third kappa shape index (κ3) is 19.3. The van der Waals surface area contributed by atoms with Crippen LogP contribution in [0.5, 0.6) is 0 Å². The Kier molecular flexibility index (Phi) is 27.9. The van der Waals surface area contributed by atoms with Gasteiger partial charge in [0, 0.05) is 80.9 Å². The molecule has 7 fully saturated rings. The standard InChI is InChI=1S/C73H113F6N11O12/c1-12-42(3)62-69(99)84(7)41-60(93)86(9)54-22-15-14-18-31-89(68(54)98)57(37-48-26-27-49(74)32-43(48)4)67(97)83(6)40-58(91)80-53(28-25-46-34-51(75)61(52(76)35-46)73(77,78)79)66(96)90-39-50(102-13-2)38-56(90)65(95)82-72(29-19-30-72)71(101)88(11)63(47-20-16-17-21-47)70(100)85(8)44(5)33-59(92)87(10)55(64(94)81-62)36-45-23-24-45/h14-15,42-57,61-63H,12-13,16-41H2,1-11H3,(H,80,91)(H,81,94)(H,82,95)/b15-14-/t42-,43?,44+,46?,48?,49?,50+,51?,52?,53-,54-,55-,56-,57-,61?,62-,63-/m0/s1. The Hall–Kier alpha value is -6.55. The number of rotatable bonds is 12. The number of alkyl halides is 6. The van der Waals surface area contributed by atoms with Crippen LogP contribution in [0.1, 0.15) is 182 Å². The number of hydrogen-bond acceptors (Lipinski definition) is 12. The van der Waals surface area contributed by atoms with E-state index in [1.165, 1.54) is 69.5 Å². The summed E-state index contributed by atoms with van der Waals surface area (Å²) in [4.78, 5) is 175. The Labute approximate surface area is 597 Å². The van der Waals surface area contributed by atoms with Gasteiger partial charge < -0.3 is 59.9 Å². The van der Waals surface area contributed by atoms with E-state index in [9.17, 15) is 41.5 Å². The molecular weight excluding hydrogens is 1340 g/mol. The van der Waals surface area contributed by atoms with Gasteiger partial charge in [-0.1, -0.05) is 65.0 Å². The highest BCUT2D eigenvalue weighted by Crippen LogP contribution is 2.45. The number of hydrogen-bond donors (Lipinski definition) is 3. The molecule has 11 amide bonds. The predicted octanol–water partition coefficient (Wildman–Crippen LogP) is 6.44. The third-order valence-corrected chi connectivity index (χ3v) is 24.0. The molecule has 8 aliphatic rings. The van der Waals surface area contributed by atoms with E-state index in [0.29, 0.717) is 32.1 Å². The molecule has 5 unspecified atom stereocenters. The molecule has 102 heavy (non-hydrogen) atoms. The van der Waals surface area contributed by atoms with E-state index in [1.54, 1.807) is 40.0 Å². The molecule has 5 aliphatic carbocycles. The fraction of sp³-hybridized carbons (Fsp3) is 0.822. The van der Waals surface area contributed by atoms with Crippen LogP contribution in [0.2, 0.25) is 0 Å². The number of likely N-dealkylation sites (N-methyl/N-ethyl adjacent to an activating group) is 6. The molecule has 23 nitrogen and oxygen atoms in total. The van der Waals surface area contributed by atoms with Crippen molar-refractivity contribution >= 4 is 65.0 Å². The molecule has 1 spiro atoms. The molecular formula is C73H113F6N11O12. The van der Waals surface area contributed by atoms with E-state index in [0.717, 1.165) is 30.6 Å². The van der Waals surface area contributed by atoms with Crippen LogP contribution >= 0.6 is 0 Å². The second-order valence-corrected chi connectivity index (χ2v) is 31.2. The summed E-state index contributed by atoms with van der Waals surface area (Å²) in [5.74, 6) is -12.4. The van der Waals surface area contributed by atoms with Crippen LogP contribution in [0.15, 0.2) is 12.2 Å². The topological polar surface area (TPSA) is 259 Å². The number of nitrogens with one attached hydrogen (secondary N) is 3. The highest BCUT2D eigenvalue weighted by Gasteiger charge is 2.56. The Bertz CT molecular complexity index is 3030. The van der Waals surface area contributed by atoms with Crippen LogP contribution in [0.4, 0.5) is 26.3 Å². The Morgan fingerprint density at radius 1 is 0.627 bits per heavy atom. The van der Waals surface area contributed by atoms with Gasteiger partial charge in [0.15, 0.2) is 0 Å². The van der Waals surface area contributed by atoms with Crippen molar-refractivity contribution in [1.29, 1.82) is 0 Å². The number of carbonyl (C=O) groups excluding carboxylic acids is 11. The van der Waals surface area contributed by atoms with Crippen molar-refractivity contribution in [3.8, 4) is 0 Å². The molecule has 0 aromatic heterocycles. The zero-order valence-electron chi connectivity index (χ0n) is 61.7. The van der Waals surface area contributed by atoms with Crippen LogP contribution < -0.4 is 16.0 Å². The molecule has 3 N–H and O–H groups in total. The molecule has 0 aromatic carbocycles. The maximum absolute atomic E-state index is 15.5. The minimum absolute atomic E-state index is 0.0113. The molecule has 0 aromatic rings. The monoisotopic (exact) mass is 1450 g/mol. The largest absolute Gasteiger partial charge is 0.397 e. The summed E-state index contributed by atoms with van der Waals surface area (Å²) in [6.07, 6.45) is -4.23. The minimum Gasteiger partial charge on any atom is -0.377 e. The number of amides is 11. The van der Waals surface area contributed by atoms with Crippen LogP contribution in [0.25, 0.3) is 0 Å². The SMILES string of the molecule is CCO[C@@H]1C[C@H]2C(=O)NC3(CCC3)C(=O)N(C)[C@@H](C3CCCC3)C(=O)N(C)[C@H](C)CC(=O)N(C)[C@@H](CC3CC3)C(=O)N[C@@H]([C@@H](C)CC)C(=O)N(C)CC(=O)N(C)[C@H]3C/C=C\CCN(C3=O)[C@@H](CC3CCC(F)CC3C)C(=O)N(C)CC(=O)N[C@@H](CCC3CC(F)C(C(F)(F)F)C(F)C3)C(=O)N2C1. The number of fused-ring (bicyclic) bond motifs is 3. The van der Waals surface area contributed by atoms with E-state index >= 15 is 37.5 Å². The van der Waals surface area contributed by atoms with E-state index < -0.39 is 200 Å². The maximum atomic E-state index is 15.5. The van der Waals surface area contributed by atoms with Gasteiger partial charge in [0.2, 0.25) is 65.0 Å². The fourth-order valence-electron chi connectivity index (χ4n) is 16.8. The summed E-state index contributed by atoms with van der Waals surface area (Å²) in [6, 6.07) is -9.57.